The molecule has 1 aliphatic carbocycles. The van der Waals surface area contributed by atoms with Gasteiger partial charge in [0.25, 0.3) is 11.8 Å². The van der Waals surface area contributed by atoms with Crippen LogP contribution in [0.4, 0.5) is 0 Å². The van der Waals surface area contributed by atoms with E-state index in [2.05, 4.69) is 10.2 Å². The summed E-state index contributed by atoms with van der Waals surface area (Å²) in [5.74, 6) is -2.59. The molecule has 0 aromatic heterocycles. The molecule has 1 saturated carbocycles. The molecule has 0 spiro atoms. The van der Waals surface area contributed by atoms with Gasteiger partial charge in [-0.2, -0.15) is 0 Å². The number of carbonyl (C=O) groups is 3. The van der Waals surface area contributed by atoms with Gasteiger partial charge >= 0.3 is 5.97 Å². The molecule has 1 fully saturated rings. The van der Waals surface area contributed by atoms with E-state index >= 15 is 0 Å². The summed E-state index contributed by atoms with van der Waals surface area (Å²) in [5.41, 5.74) is 4.51. The molecule has 0 radical (unpaired) electrons. The van der Waals surface area contributed by atoms with Crippen LogP contribution in [0.5, 0.6) is 5.75 Å². The number of carboxylic acids is 1. The van der Waals surface area contributed by atoms with Crippen molar-refractivity contribution < 1.29 is 37.5 Å². The maximum atomic E-state index is 14.3. The minimum atomic E-state index is -3.61. The van der Waals surface area contributed by atoms with Crippen molar-refractivity contribution in [3.8, 4) is 5.75 Å². The van der Waals surface area contributed by atoms with Crippen molar-refractivity contribution in [2.45, 2.75) is 56.3 Å². The van der Waals surface area contributed by atoms with Gasteiger partial charge in [0.2, 0.25) is 10.0 Å². The molecule has 11 nitrogen and oxygen atoms in total. The molecule has 5 rings (SSSR count). The molecule has 2 aliphatic rings. The summed E-state index contributed by atoms with van der Waals surface area (Å²) >= 11 is 13.0. The van der Waals surface area contributed by atoms with Gasteiger partial charge in [0, 0.05) is 27.7 Å². The quantitative estimate of drug-likeness (QED) is 0.242. The van der Waals surface area contributed by atoms with Crippen molar-refractivity contribution in [2.75, 3.05) is 12.9 Å². The van der Waals surface area contributed by atoms with E-state index in [1.807, 2.05) is 0 Å². The summed E-state index contributed by atoms with van der Waals surface area (Å²) in [7, 11) is -3.61. The first-order chi connectivity index (χ1) is 21.9. The van der Waals surface area contributed by atoms with Crippen molar-refractivity contribution in [2.24, 2.45) is 0 Å². The number of carbonyl (C=O) groups excluding carboxylic acids is 2. The maximum absolute atomic E-state index is 14.3. The first-order valence-electron chi connectivity index (χ1n) is 14.6. The van der Waals surface area contributed by atoms with Gasteiger partial charge in [-0.05, 0) is 59.9 Å². The summed E-state index contributed by atoms with van der Waals surface area (Å²) in [6.07, 6.45) is 3.66. The van der Waals surface area contributed by atoms with Crippen molar-refractivity contribution in [3.05, 3.63) is 99.0 Å². The minimum Gasteiger partial charge on any atom is -0.482 e. The number of fused-ring (bicyclic) bond motifs is 1. The topological polar surface area (TPSA) is 151 Å². The fraction of sp³-hybridized carbons (Fsp3) is 0.344. The molecule has 244 valence electrons. The monoisotopic (exact) mass is 689 g/mol. The third-order valence-electron chi connectivity index (χ3n) is 8.09. The highest BCUT2D eigenvalue weighted by Gasteiger charge is 2.49. The average Bonchev–Trinajstić information content (AvgIpc) is 3.00. The standard InChI is InChI=1S/C32H33Cl2N3O8S/c1-46(42,43)36-26-8-4-5-9-27(26)37-30(24-15-12-20(33)16-25(24)34)29(22-6-2-3-7-23(22)32(37)41)31(40)35-45-17-19-10-13-21(14-11-19)44-18-28(38)39/h2-3,6-7,10-16,26-27,29-30,36H,4-5,8-9,17-18H2,1H3,(H,35,40)(H,38,39)/t26-,27-,29+,30-/m0/s1. The third kappa shape index (κ3) is 7.81. The lowest BCUT2D eigenvalue weighted by Crippen LogP contribution is -2.59. The number of ether oxygens (including phenoxy) is 1. The molecule has 2 amide bonds. The smallest absolute Gasteiger partial charge is 0.341 e. The van der Waals surface area contributed by atoms with Crippen molar-refractivity contribution in [1.29, 1.82) is 0 Å². The molecule has 0 bridgehead atoms. The fourth-order valence-electron chi connectivity index (χ4n) is 6.21. The Labute approximate surface area is 276 Å². The molecule has 1 heterocycles. The predicted octanol–water partition coefficient (Wildman–Crippen LogP) is 4.85. The number of nitrogens with zero attached hydrogens (tertiary/aromatic N) is 1. The van der Waals surface area contributed by atoms with E-state index in [-0.39, 0.29) is 17.5 Å². The second-order valence-corrected chi connectivity index (χ2v) is 13.9. The van der Waals surface area contributed by atoms with Gasteiger partial charge in [0.05, 0.1) is 24.8 Å². The molecule has 4 atom stereocenters. The fourth-order valence-corrected chi connectivity index (χ4v) is 7.55. The molecule has 1 aliphatic heterocycles. The SMILES string of the molecule is CS(=O)(=O)N[C@H]1CCCC[C@@H]1N1C(=O)c2ccccc2[C@@H](C(=O)NOCc2ccc(OCC(=O)O)cc2)[C@@H]1c1ccc(Cl)cc1Cl. The number of carboxylic acid groups (broad SMARTS) is 1. The van der Waals surface area contributed by atoms with E-state index in [0.717, 1.165) is 19.1 Å². The van der Waals surface area contributed by atoms with Crippen molar-refractivity contribution in [1.82, 2.24) is 15.1 Å². The van der Waals surface area contributed by atoms with Gasteiger partial charge in [0.15, 0.2) is 6.61 Å². The number of sulfonamides is 1. The number of hydroxylamine groups is 1. The lowest BCUT2D eigenvalue weighted by molar-refractivity contribution is -0.139. The third-order valence-corrected chi connectivity index (χ3v) is 9.38. The lowest BCUT2D eigenvalue weighted by atomic mass is 9.76. The molecular formula is C32H33Cl2N3O8S. The Bertz CT molecular complexity index is 1720. The number of nitrogens with one attached hydrogen (secondary N) is 2. The molecular weight excluding hydrogens is 657 g/mol. The Morgan fingerprint density at radius 2 is 1.72 bits per heavy atom. The molecule has 3 aromatic rings. The normalized spacial score (nSPS) is 21.4. The highest BCUT2D eigenvalue weighted by atomic mass is 35.5. The summed E-state index contributed by atoms with van der Waals surface area (Å²) in [6, 6.07) is 16.2. The van der Waals surface area contributed by atoms with Gasteiger partial charge in [0.1, 0.15) is 5.75 Å². The van der Waals surface area contributed by atoms with Gasteiger partial charge < -0.3 is 14.7 Å². The second-order valence-electron chi connectivity index (χ2n) is 11.3. The van der Waals surface area contributed by atoms with Gasteiger partial charge in [-0.1, -0.05) is 72.4 Å². The zero-order chi connectivity index (χ0) is 33.0. The van der Waals surface area contributed by atoms with Crippen LogP contribution in [0.1, 0.15) is 64.7 Å². The van der Waals surface area contributed by atoms with Crippen molar-refractivity contribution >= 4 is 51.0 Å². The highest BCUT2D eigenvalue weighted by Crippen LogP contribution is 2.47. The van der Waals surface area contributed by atoms with E-state index in [9.17, 15) is 22.8 Å². The van der Waals surface area contributed by atoms with Crippen LogP contribution >= 0.6 is 23.2 Å². The zero-order valence-electron chi connectivity index (χ0n) is 24.8. The van der Waals surface area contributed by atoms with Gasteiger partial charge in [-0.15, -0.1) is 0 Å². The van der Waals surface area contributed by atoms with Crippen LogP contribution in [0.25, 0.3) is 0 Å². The van der Waals surface area contributed by atoms with Gasteiger partial charge in [-0.3, -0.25) is 14.4 Å². The van der Waals surface area contributed by atoms with Crippen LogP contribution in [0.3, 0.4) is 0 Å². The number of hydrogen-bond donors (Lipinski definition) is 3. The van der Waals surface area contributed by atoms with Crippen LogP contribution in [-0.4, -0.2) is 61.2 Å². The number of amides is 2. The number of rotatable bonds is 11. The second kappa shape index (κ2) is 14.4. The Morgan fingerprint density at radius 1 is 1.00 bits per heavy atom. The number of benzene rings is 3. The van der Waals surface area contributed by atoms with E-state index < -0.39 is 52.6 Å². The Kier molecular flexibility index (Phi) is 10.5. The van der Waals surface area contributed by atoms with Crippen molar-refractivity contribution in [3.63, 3.8) is 0 Å². The van der Waals surface area contributed by atoms with Crippen LogP contribution in [0.2, 0.25) is 10.0 Å². The summed E-state index contributed by atoms with van der Waals surface area (Å²) in [6.45, 7) is -0.490. The molecule has 3 aromatic carbocycles. The lowest BCUT2D eigenvalue weighted by Gasteiger charge is -2.49. The predicted molar refractivity (Wildman–Crippen MR) is 171 cm³/mol. The zero-order valence-corrected chi connectivity index (χ0v) is 27.1. The van der Waals surface area contributed by atoms with Crippen LogP contribution < -0.4 is 14.9 Å². The molecule has 14 heteroatoms. The number of hydrogen-bond acceptors (Lipinski definition) is 7. The van der Waals surface area contributed by atoms with Crippen LogP contribution in [0.15, 0.2) is 66.7 Å². The summed E-state index contributed by atoms with van der Waals surface area (Å²) < 4.78 is 32.6. The Morgan fingerprint density at radius 3 is 2.41 bits per heavy atom. The largest absolute Gasteiger partial charge is 0.482 e. The average molecular weight is 691 g/mol. The minimum absolute atomic E-state index is 0.0166. The van der Waals surface area contributed by atoms with Gasteiger partial charge in [-0.25, -0.2) is 23.4 Å². The number of halogens is 2. The van der Waals surface area contributed by atoms with E-state index in [0.29, 0.717) is 45.9 Å². The van der Waals surface area contributed by atoms with Crippen LogP contribution in [0, 0.1) is 0 Å². The summed E-state index contributed by atoms with van der Waals surface area (Å²) in [4.78, 5) is 46.5. The number of aliphatic carboxylic acids is 1. The molecule has 0 saturated heterocycles. The highest BCUT2D eigenvalue weighted by molar-refractivity contribution is 7.88. The van der Waals surface area contributed by atoms with Crippen LogP contribution in [-0.2, 0) is 31.1 Å². The molecule has 0 unspecified atom stereocenters. The van der Waals surface area contributed by atoms with E-state index in [1.54, 1.807) is 71.6 Å². The maximum Gasteiger partial charge on any atom is 0.341 e. The molecule has 46 heavy (non-hydrogen) atoms. The van der Waals surface area contributed by atoms with E-state index in [1.165, 1.54) is 0 Å². The first kappa shape index (κ1) is 33.7. The molecule has 3 N–H and O–H groups in total. The van der Waals surface area contributed by atoms with E-state index in [4.69, 9.17) is 37.9 Å². The Balaban J connectivity index is 1.49. The first-order valence-corrected chi connectivity index (χ1v) is 17.3. The summed E-state index contributed by atoms with van der Waals surface area (Å²) in [5, 5.41) is 9.43. The Hall–Kier alpha value is -3.68.